The maximum Gasteiger partial charge on any atom is 0.335 e. The van der Waals surface area contributed by atoms with E-state index in [0.717, 1.165) is 28.9 Å². The van der Waals surface area contributed by atoms with Crippen LogP contribution in [0.15, 0.2) is 48.5 Å². The first-order valence-corrected chi connectivity index (χ1v) is 11.5. The molecule has 1 aliphatic heterocycles. The molecule has 2 N–H and O–H groups in total. The van der Waals surface area contributed by atoms with Crippen LogP contribution in [-0.4, -0.2) is 34.1 Å². The summed E-state index contributed by atoms with van der Waals surface area (Å²) in [6, 6.07) is 13.3. The maximum atomic E-state index is 13.3. The molecule has 1 fully saturated rings. The Bertz CT molecular complexity index is 996. The molecule has 0 aromatic heterocycles. The van der Waals surface area contributed by atoms with Gasteiger partial charge in [0.05, 0.1) is 11.6 Å². The van der Waals surface area contributed by atoms with E-state index < -0.39 is 23.6 Å². The van der Waals surface area contributed by atoms with Crippen molar-refractivity contribution < 1.29 is 24.2 Å². The van der Waals surface area contributed by atoms with Gasteiger partial charge < -0.3 is 15.2 Å². The van der Waals surface area contributed by atoms with Crippen molar-refractivity contribution in [2.75, 3.05) is 0 Å². The zero-order valence-electron chi connectivity index (χ0n) is 19.6. The van der Waals surface area contributed by atoms with Gasteiger partial charge in [0.1, 0.15) is 11.2 Å². The number of carboxylic acids is 1. The van der Waals surface area contributed by atoms with Crippen LogP contribution in [0.2, 0.25) is 0 Å². The van der Waals surface area contributed by atoms with Gasteiger partial charge in [0.25, 0.3) is 0 Å². The van der Waals surface area contributed by atoms with Crippen molar-refractivity contribution in [2.24, 2.45) is 5.41 Å². The fourth-order valence-corrected chi connectivity index (χ4v) is 4.33. The van der Waals surface area contributed by atoms with E-state index in [9.17, 15) is 14.4 Å². The lowest BCUT2D eigenvalue weighted by Gasteiger charge is -2.53. The summed E-state index contributed by atoms with van der Waals surface area (Å²) >= 11 is 0. The molecule has 1 saturated heterocycles. The molecule has 0 spiro atoms. The molecule has 2 atom stereocenters. The van der Waals surface area contributed by atoms with Crippen molar-refractivity contribution >= 4 is 17.9 Å². The molecule has 0 bridgehead atoms. The summed E-state index contributed by atoms with van der Waals surface area (Å²) in [6.07, 6.45) is 1.90. The Morgan fingerprint density at radius 2 is 1.67 bits per heavy atom. The van der Waals surface area contributed by atoms with Crippen LogP contribution >= 0.6 is 0 Å². The van der Waals surface area contributed by atoms with Gasteiger partial charge in [0.15, 0.2) is 6.23 Å². The number of β-lactam (4-membered cyclic amide) rings is 1. The first-order valence-electron chi connectivity index (χ1n) is 11.5. The number of hydrogen-bond donors (Lipinski definition) is 2. The van der Waals surface area contributed by atoms with Crippen LogP contribution in [0.4, 0.5) is 4.79 Å². The number of rotatable bonds is 9. The lowest BCUT2D eigenvalue weighted by molar-refractivity contribution is -0.191. The number of ether oxygens (including phenoxy) is 1. The fourth-order valence-electron chi connectivity index (χ4n) is 4.33. The minimum Gasteiger partial charge on any atom is -0.478 e. The van der Waals surface area contributed by atoms with E-state index in [4.69, 9.17) is 9.84 Å². The van der Waals surface area contributed by atoms with Crippen molar-refractivity contribution in [3.8, 4) is 5.75 Å². The van der Waals surface area contributed by atoms with Gasteiger partial charge in [-0.25, -0.2) is 14.5 Å². The topological polar surface area (TPSA) is 95.9 Å². The Hall–Kier alpha value is -3.35. The van der Waals surface area contributed by atoms with E-state index in [1.807, 2.05) is 52.0 Å². The molecule has 176 valence electrons. The molecule has 2 aromatic rings. The maximum absolute atomic E-state index is 13.3. The van der Waals surface area contributed by atoms with E-state index in [2.05, 4.69) is 5.32 Å². The third-order valence-corrected chi connectivity index (χ3v) is 6.54. The van der Waals surface area contributed by atoms with Gasteiger partial charge in [0, 0.05) is 0 Å². The highest BCUT2D eigenvalue weighted by molar-refractivity contribution is 6.03. The molecule has 0 saturated carbocycles. The van der Waals surface area contributed by atoms with Crippen LogP contribution in [0, 0.1) is 12.3 Å². The normalized spacial score (nSPS) is 17.8. The lowest BCUT2D eigenvalue weighted by atomic mass is 9.72. The molecule has 3 amide bonds. The molecular formula is C26H32N2O5. The molecule has 1 heterocycles. The molecule has 1 unspecified atom stereocenters. The highest BCUT2D eigenvalue weighted by Crippen LogP contribution is 2.46. The van der Waals surface area contributed by atoms with Crippen LogP contribution in [-0.2, 0) is 4.79 Å². The molecule has 7 nitrogen and oxygen atoms in total. The summed E-state index contributed by atoms with van der Waals surface area (Å²) < 4.78 is 6.10. The SMILES string of the molecule is CCCC(NC(=O)N1C(=O)C(CC)(CC)[C@@H]1Oc1ccc(C(=O)O)cc1)c1ccc(C)cc1. The average molecular weight is 453 g/mol. The largest absolute Gasteiger partial charge is 0.478 e. The molecule has 0 radical (unpaired) electrons. The van der Waals surface area contributed by atoms with Crippen molar-refractivity contribution in [3.63, 3.8) is 0 Å². The molecule has 33 heavy (non-hydrogen) atoms. The number of aryl methyl sites for hydroxylation is 1. The summed E-state index contributed by atoms with van der Waals surface area (Å²) in [7, 11) is 0. The highest BCUT2D eigenvalue weighted by Gasteiger charge is 2.63. The summed E-state index contributed by atoms with van der Waals surface area (Å²) in [5, 5.41) is 12.1. The zero-order valence-corrected chi connectivity index (χ0v) is 19.6. The first-order chi connectivity index (χ1) is 15.8. The number of urea groups is 1. The summed E-state index contributed by atoms with van der Waals surface area (Å²) in [5.74, 6) is -0.877. The standard InChI is InChI=1S/C26H32N2O5/c1-5-8-21(18-11-9-17(4)10-12-18)27-25(32)28-23(31)26(6-2,7-3)24(28)33-20-15-13-19(14-16-20)22(29)30/h9-16,21,24H,5-8H2,1-4H3,(H,27,32)(H,29,30)/t21?,24-/m0/s1. The number of nitrogens with zero attached hydrogens (tertiary/aromatic N) is 1. The second kappa shape index (κ2) is 10.1. The van der Waals surface area contributed by atoms with Crippen molar-refractivity contribution in [1.82, 2.24) is 10.2 Å². The second-order valence-corrected chi connectivity index (χ2v) is 8.54. The van der Waals surface area contributed by atoms with Crippen LogP contribution in [0.5, 0.6) is 5.75 Å². The monoisotopic (exact) mass is 452 g/mol. The van der Waals surface area contributed by atoms with Gasteiger partial charge in [-0.3, -0.25) is 4.79 Å². The summed E-state index contributed by atoms with van der Waals surface area (Å²) in [5.41, 5.74) is 1.46. The average Bonchev–Trinajstić information content (AvgIpc) is 2.80. The smallest absolute Gasteiger partial charge is 0.335 e. The van der Waals surface area contributed by atoms with Crippen LogP contribution in [0.25, 0.3) is 0 Å². The van der Waals surface area contributed by atoms with Gasteiger partial charge in [-0.2, -0.15) is 0 Å². The summed E-state index contributed by atoms with van der Waals surface area (Å²) in [6.45, 7) is 7.88. The van der Waals surface area contributed by atoms with E-state index in [1.165, 1.54) is 12.1 Å². The minimum absolute atomic E-state index is 0.138. The number of carbonyl (C=O) groups is 3. The minimum atomic E-state index is -1.03. The molecule has 0 aliphatic carbocycles. The van der Waals surface area contributed by atoms with E-state index >= 15 is 0 Å². The zero-order chi connectivity index (χ0) is 24.2. The Labute approximate surface area is 194 Å². The Morgan fingerprint density at radius 1 is 1.06 bits per heavy atom. The van der Waals surface area contributed by atoms with Crippen LogP contribution in [0.1, 0.15) is 74.0 Å². The number of imide groups is 1. The van der Waals surface area contributed by atoms with E-state index in [1.54, 1.807) is 12.1 Å². The van der Waals surface area contributed by atoms with Gasteiger partial charge in [-0.1, -0.05) is 57.0 Å². The van der Waals surface area contributed by atoms with Gasteiger partial charge >= 0.3 is 12.0 Å². The van der Waals surface area contributed by atoms with Crippen LogP contribution < -0.4 is 10.1 Å². The van der Waals surface area contributed by atoms with Crippen molar-refractivity contribution in [1.29, 1.82) is 0 Å². The van der Waals surface area contributed by atoms with E-state index in [-0.39, 0.29) is 17.5 Å². The molecular weight excluding hydrogens is 420 g/mol. The summed E-state index contributed by atoms with van der Waals surface area (Å²) in [4.78, 5) is 38.7. The number of carbonyl (C=O) groups excluding carboxylic acids is 2. The highest BCUT2D eigenvalue weighted by atomic mass is 16.5. The van der Waals surface area contributed by atoms with Gasteiger partial charge in [-0.15, -0.1) is 0 Å². The van der Waals surface area contributed by atoms with Gasteiger partial charge in [-0.05, 0) is 56.0 Å². The number of carboxylic acid groups (broad SMARTS) is 1. The first kappa shape index (κ1) is 24.3. The molecule has 7 heteroatoms. The van der Waals surface area contributed by atoms with Crippen LogP contribution in [0.3, 0.4) is 0 Å². The number of aromatic carboxylic acids is 1. The quantitative estimate of drug-likeness (QED) is 0.504. The Balaban J connectivity index is 1.83. The number of likely N-dealkylation sites (tertiary alicyclic amines) is 1. The second-order valence-electron chi connectivity index (χ2n) is 8.54. The number of hydrogen-bond acceptors (Lipinski definition) is 4. The lowest BCUT2D eigenvalue weighted by Crippen LogP contribution is -2.73. The molecule has 1 aliphatic rings. The Kier molecular flexibility index (Phi) is 7.41. The number of nitrogens with one attached hydrogen (secondary N) is 1. The Morgan fingerprint density at radius 3 is 2.18 bits per heavy atom. The predicted molar refractivity (Wildman–Crippen MR) is 125 cm³/mol. The van der Waals surface area contributed by atoms with E-state index in [0.29, 0.717) is 18.6 Å². The van der Waals surface area contributed by atoms with Crippen molar-refractivity contribution in [3.05, 3.63) is 65.2 Å². The predicted octanol–water partition coefficient (Wildman–Crippen LogP) is 5.30. The molecule has 3 rings (SSSR count). The number of benzene rings is 2. The van der Waals surface area contributed by atoms with Gasteiger partial charge in [0.2, 0.25) is 5.91 Å². The fraction of sp³-hybridized carbons (Fsp3) is 0.423. The van der Waals surface area contributed by atoms with Crippen molar-refractivity contribution in [2.45, 2.75) is 65.6 Å². The third-order valence-electron chi connectivity index (χ3n) is 6.54. The number of amides is 3. The third kappa shape index (κ3) is 4.72. The molecule has 2 aromatic carbocycles.